The third-order valence-corrected chi connectivity index (χ3v) is 3.15. The minimum atomic E-state index is -0.889. The Morgan fingerprint density at radius 1 is 1.45 bits per heavy atom. The average Bonchev–Trinajstić information content (AvgIpc) is 2.42. The van der Waals surface area contributed by atoms with E-state index in [-0.39, 0.29) is 6.54 Å². The van der Waals surface area contributed by atoms with Crippen LogP contribution in [0.25, 0.3) is 10.9 Å². The number of pyridine rings is 1. The van der Waals surface area contributed by atoms with Crippen molar-refractivity contribution < 1.29 is 14.6 Å². The van der Waals surface area contributed by atoms with Crippen molar-refractivity contribution >= 4 is 34.2 Å². The summed E-state index contributed by atoms with van der Waals surface area (Å²) >= 11 is 5.95. The smallest absolute Gasteiger partial charge is 0.323 e. The summed E-state index contributed by atoms with van der Waals surface area (Å²) in [7, 11) is 1.59. The quantitative estimate of drug-likeness (QED) is 0.886. The molecule has 0 bridgehead atoms. The van der Waals surface area contributed by atoms with Crippen LogP contribution in [-0.4, -0.2) is 42.9 Å². The summed E-state index contributed by atoms with van der Waals surface area (Å²) in [5.74, 6) is -0.889. The van der Waals surface area contributed by atoms with Crippen LogP contribution in [0.1, 0.15) is 0 Å². The molecule has 0 saturated heterocycles. The van der Waals surface area contributed by atoms with Gasteiger partial charge in [0, 0.05) is 35.9 Å². The molecule has 1 aromatic carbocycles. The van der Waals surface area contributed by atoms with Gasteiger partial charge >= 0.3 is 5.97 Å². The predicted octanol–water partition coefficient (Wildman–Crippen LogP) is 2.43. The van der Waals surface area contributed by atoms with Gasteiger partial charge in [-0.1, -0.05) is 11.6 Å². The van der Waals surface area contributed by atoms with Gasteiger partial charge < -0.3 is 14.7 Å². The monoisotopic (exact) mass is 294 g/mol. The molecule has 2 aromatic rings. The molecule has 1 N–H and O–H groups in total. The summed E-state index contributed by atoms with van der Waals surface area (Å²) in [5.41, 5.74) is 1.55. The summed E-state index contributed by atoms with van der Waals surface area (Å²) in [6.45, 7) is 0.848. The molecule has 0 atom stereocenters. The fourth-order valence-corrected chi connectivity index (χ4v) is 2.20. The molecule has 2 rings (SSSR count). The van der Waals surface area contributed by atoms with Gasteiger partial charge in [-0.05, 0) is 24.3 Å². The molecule has 0 unspecified atom stereocenters. The van der Waals surface area contributed by atoms with Crippen LogP contribution < -0.4 is 4.90 Å². The lowest BCUT2D eigenvalue weighted by Gasteiger charge is -2.23. The molecule has 0 aliphatic heterocycles. The maximum absolute atomic E-state index is 11.0. The second kappa shape index (κ2) is 6.54. The van der Waals surface area contributed by atoms with Crippen molar-refractivity contribution in [3.05, 3.63) is 35.5 Å². The Morgan fingerprint density at radius 3 is 2.95 bits per heavy atom. The van der Waals surface area contributed by atoms with Gasteiger partial charge in [0.2, 0.25) is 0 Å². The van der Waals surface area contributed by atoms with Crippen LogP contribution >= 0.6 is 11.6 Å². The van der Waals surface area contributed by atoms with E-state index < -0.39 is 5.97 Å². The number of rotatable bonds is 6. The van der Waals surface area contributed by atoms with Crippen molar-refractivity contribution in [2.24, 2.45) is 0 Å². The van der Waals surface area contributed by atoms with Gasteiger partial charge in [0.05, 0.1) is 12.1 Å². The largest absolute Gasteiger partial charge is 0.480 e. The standard InChI is InChI=1S/C14H15ClN2O3/c1-20-7-6-17(9-14(18)19)13-4-5-16-12-8-10(15)2-3-11(12)13/h2-5,8H,6-7,9H2,1H3,(H,18,19). The number of carboxylic acids is 1. The highest BCUT2D eigenvalue weighted by molar-refractivity contribution is 6.31. The SMILES string of the molecule is COCCN(CC(=O)O)c1ccnc2cc(Cl)ccc12. The van der Waals surface area contributed by atoms with E-state index in [0.29, 0.717) is 18.2 Å². The number of aromatic nitrogens is 1. The van der Waals surface area contributed by atoms with E-state index in [1.807, 2.05) is 6.07 Å². The lowest BCUT2D eigenvalue weighted by Crippen LogP contribution is -2.32. The van der Waals surface area contributed by atoms with E-state index in [1.165, 1.54) is 0 Å². The first kappa shape index (κ1) is 14.6. The molecule has 20 heavy (non-hydrogen) atoms. The third-order valence-electron chi connectivity index (χ3n) is 2.91. The Labute approximate surface area is 121 Å². The Kier molecular flexibility index (Phi) is 4.76. The second-order valence-corrected chi connectivity index (χ2v) is 4.74. The number of carboxylic acid groups (broad SMARTS) is 1. The number of benzene rings is 1. The van der Waals surface area contributed by atoms with Gasteiger partial charge in [-0.2, -0.15) is 0 Å². The van der Waals surface area contributed by atoms with Crippen molar-refractivity contribution in [1.82, 2.24) is 4.98 Å². The van der Waals surface area contributed by atoms with E-state index in [9.17, 15) is 4.79 Å². The Bertz CT molecular complexity index is 618. The van der Waals surface area contributed by atoms with Gasteiger partial charge in [-0.25, -0.2) is 0 Å². The molecule has 6 heteroatoms. The van der Waals surface area contributed by atoms with E-state index in [0.717, 1.165) is 16.6 Å². The van der Waals surface area contributed by atoms with Crippen molar-refractivity contribution in [3.63, 3.8) is 0 Å². The first-order chi connectivity index (χ1) is 9.61. The summed E-state index contributed by atoms with van der Waals surface area (Å²) in [6.07, 6.45) is 1.65. The number of hydrogen-bond acceptors (Lipinski definition) is 4. The Balaban J connectivity index is 2.43. The van der Waals surface area contributed by atoms with Crippen molar-refractivity contribution in [2.45, 2.75) is 0 Å². The van der Waals surface area contributed by atoms with Crippen molar-refractivity contribution in [1.29, 1.82) is 0 Å². The number of fused-ring (bicyclic) bond motifs is 1. The van der Waals surface area contributed by atoms with Gasteiger partial charge in [0.15, 0.2) is 0 Å². The molecule has 0 aliphatic carbocycles. The molecule has 0 radical (unpaired) electrons. The first-order valence-corrected chi connectivity index (χ1v) is 6.49. The van der Waals surface area contributed by atoms with Gasteiger partial charge in [-0.15, -0.1) is 0 Å². The van der Waals surface area contributed by atoms with Crippen LogP contribution in [0.2, 0.25) is 5.02 Å². The summed E-state index contributed by atoms with van der Waals surface area (Å²) in [6, 6.07) is 7.18. The summed E-state index contributed by atoms with van der Waals surface area (Å²) < 4.78 is 5.04. The molecule has 0 spiro atoms. The van der Waals surface area contributed by atoms with Crippen LogP contribution in [0, 0.1) is 0 Å². The van der Waals surface area contributed by atoms with E-state index >= 15 is 0 Å². The fraction of sp³-hybridized carbons (Fsp3) is 0.286. The van der Waals surface area contributed by atoms with E-state index in [2.05, 4.69) is 4.98 Å². The highest BCUT2D eigenvalue weighted by atomic mass is 35.5. The molecule has 5 nitrogen and oxygen atoms in total. The number of halogens is 1. The number of methoxy groups -OCH3 is 1. The second-order valence-electron chi connectivity index (χ2n) is 4.30. The highest BCUT2D eigenvalue weighted by Gasteiger charge is 2.13. The number of aliphatic carboxylic acids is 1. The highest BCUT2D eigenvalue weighted by Crippen LogP contribution is 2.27. The molecular weight excluding hydrogens is 280 g/mol. The van der Waals surface area contributed by atoms with Crippen LogP contribution in [0.4, 0.5) is 5.69 Å². The first-order valence-electron chi connectivity index (χ1n) is 6.12. The lowest BCUT2D eigenvalue weighted by atomic mass is 10.1. The molecule has 106 valence electrons. The van der Waals surface area contributed by atoms with Gasteiger partial charge in [0.25, 0.3) is 0 Å². The lowest BCUT2D eigenvalue weighted by molar-refractivity contribution is -0.135. The van der Waals surface area contributed by atoms with Crippen molar-refractivity contribution in [3.8, 4) is 0 Å². The average molecular weight is 295 g/mol. The van der Waals surface area contributed by atoms with Crippen molar-refractivity contribution in [2.75, 3.05) is 31.7 Å². The number of nitrogens with zero attached hydrogens (tertiary/aromatic N) is 2. The van der Waals surface area contributed by atoms with Gasteiger partial charge in [-0.3, -0.25) is 9.78 Å². The van der Waals surface area contributed by atoms with Gasteiger partial charge in [0.1, 0.15) is 6.54 Å². The third kappa shape index (κ3) is 3.37. The molecule has 0 aliphatic rings. The number of carbonyl (C=O) groups is 1. The zero-order valence-corrected chi connectivity index (χ0v) is 11.8. The predicted molar refractivity (Wildman–Crippen MR) is 78.5 cm³/mol. The zero-order chi connectivity index (χ0) is 14.5. The molecular formula is C14H15ClN2O3. The molecule has 1 aromatic heterocycles. The Hall–Kier alpha value is -1.85. The topological polar surface area (TPSA) is 62.7 Å². The Morgan fingerprint density at radius 2 is 2.25 bits per heavy atom. The number of anilines is 1. The van der Waals surface area contributed by atoms with E-state index in [1.54, 1.807) is 36.4 Å². The van der Waals surface area contributed by atoms with Crippen LogP contribution in [0.3, 0.4) is 0 Å². The minimum Gasteiger partial charge on any atom is -0.480 e. The maximum Gasteiger partial charge on any atom is 0.323 e. The van der Waals surface area contributed by atoms with Crippen LogP contribution in [-0.2, 0) is 9.53 Å². The fourth-order valence-electron chi connectivity index (χ4n) is 2.03. The molecule has 0 saturated carbocycles. The minimum absolute atomic E-state index is 0.0922. The number of hydrogen-bond donors (Lipinski definition) is 1. The maximum atomic E-state index is 11.0. The van der Waals surface area contributed by atoms with Crippen LogP contribution in [0.15, 0.2) is 30.5 Å². The zero-order valence-electron chi connectivity index (χ0n) is 11.0. The normalized spacial score (nSPS) is 10.7. The van der Waals surface area contributed by atoms with Crippen LogP contribution in [0.5, 0.6) is 0 Å². The molecule has 1 heterocycles. The van der Waals surface area contributed by atoms with E-state index in [4.69, 9.17) is 21.4 Å². The summed E-state index contributed by atoms with van der Waals surface area (Å²) in [4.78, 5) is 17.0. The number of ether oxygens (including phenoxy) is 1. The molecule has 0 amide bonds. The summed E-state index contributed by atoms with van der Waals surface area (Å²) in [5, 5.41) is 10.5. The molecule has 0 fully saturated rings.